The Morgan fingerprint density at radius 2 is 1.39 bits per heavy atom. The van der Waals surface area contributed by atoms with Crippen LogP contribution in [0.2, 0.25) is 0 Å². The lowest BCUT2D eigenvalue weighted by molar-refractivity contribution is 0.577. The van der Waals surface area contributed by atoms with E-state index in [0.717, 1.165) is 9.65 Å². The highest BCUT2D eigenvalue weighted by Crippen LogP contribution is 2.29. The third-order valence-electron chi connectivity index (χ3n) is 4.29. The van der Waals surface area contributed by atoms with E-state index in [1.54, 1.807) is 12.1 Å². The molecule has 0 aliphatic carbocycles. The van der Waals surface area contributed by atoms with Gasteiger partial charge in [0, 0.05) is 0 Å². The minimum atomic E-state index is -4.11. The van der Waals surface area contributed by atoms with E-state index in [2.05, 4.69) is 5.10 Å². The molecule has 2 aromatic carbocycles. The fraction of sp³-hybridized carbons (Fsp3) is 0.158. The first-order chi connectivity index (χ1) is 13.1. The lowest BCUT2D eigenvalue weighted by Crippen LogP contribution is -2.16. The molecule has 144 valence electrons. The van der Waals surface area contributed by atoms with Crippen molar-refractivity contribution in [2.75, 3.05) is 0 Å². The molecule has 0 aliphatic rings. The summed E-state index contributed by atoms with van der Waals surface area (Å²) in [4.78, 5) is -0.149. The van der Waals surface area contributed by atoms with Gasteiger partial charge in [0.15, 0.2) is 0 Å². The maximum absolute atomic E-state index is 13.1. The molecule has 0 radical (unpaired) electrons. The highest BCUT2D eigenvalue weighted by atomic mass is 32.2. The number of nitriles is 1. The average Bonchev–Trinajstić information content (AvgIpc) is 2.97. The van der Waals surface area contributed by atoms with E-state index in [1.807, 2.05) is 13.0 Å². The quantitative estimate of drug-likeness (QED) is 0.648. The number of sulfone groups is 1. The van der Waals surface area contributed by atoms with Crippen molar-refractivity contribution in [3.8, 4) is 6.07 Å². The second kappa shape index (κ2) is 6.89. The Bertz CT molecular complexity index is 1300. The lowest BCUT2D eigenvalue weighted by Gasteiger charge is -2.08. The molecule has 0 spiro atoms. The van der Waals surface area contributed by atoms with Gasteiger partial charge in [0.05, 0.1) is 32.8 Å². The van der Waals surface area contributed by atoms with Crippen molar-refractivity contribution in [2.45, 2.75) is 35.5 Å². The predicted octanol–water partition coefficient (Wildman–Crippen LogP) is 2.75. The Hall–Kier alpha value is -2.96. The third kappa shape index (κ3) is 3.21. The second-order valence-electron chi connectivity index (χ2n) is 6.30. The summed E-state index contributed by atoms with van der Waals surface area (Å²) in [5, 5.41) is 12.9. The van der Waals surface area contributed by atoms with Crippen LogP contribution in [0.1, 0.15) is 22.5 Å². The first kappa shape index (κ1) is 19.8. The van der Waals surface area contributed by atoms with E-state index in [-0.39, 0.29) is 26.1 Å². The van der Waals surface area contributed by atoms with Crippen LogP contribution >= 0.6 is 0 Å². The number of hydrogen-bond donors (Lipinski definition) is 0. The monoisotopic (exact) mass is 415 g/mol. The van der Waals surface area contributed by atoms with Crippen LogP contribution in [-0.2, 0) is 19.9 Å². The highest BCUT2D eigenvalue weighted by molar-refractivity contribution is 7.92. The van der Waals surface area contributed by atoms with Crippen molar-refractivity contribution in [3.05, 3.63) is 71.0 Å². The summed E-state index contributed by atoms with van der Waals surface area (Å²) in [6, 6.07) is 13.6. The van der Waals surface area contributed by atoms with Gasteiger partial charge < -0.3 is 0 Å². The fourth-order valence-electron chi connectivity index (χ4n) is 2.86. The van der Waals surface area contributed by atoms with E-state index in [0.29, 0.717) is 5.56 Å². The normalized spacial score (nSPS) is 11.9. The van der Waals surface area contributed by atoms with Gasteiger partial charge in [-0.15, -0.1) is 0 Å². The summed E-state index contributed by atoms with van der Waals surface area (Å²) in [6.07, 6.45) is 0. The van der Waals surface area contributed by atoms with Gasteiger partial charge in [-0.2, -0.15) is 22.9 Å². The van der Waals surface area contributed by atoms with E-state index < -0.39 is 19.9 Å². The van der Waals surface area contributed by atoms with Crippen LogP contribution in [0.25, 0.3) is 0 Å². The molecule has 0 atom stereocenters. The number of benzene rings is 2. The Kier molecular flexibility index (Phi) is 4.87. The summed E-state index contributed by atoms with van der Waals surface area (Å²) >= 11 is 0. The van der Waals surface area contributed by atoms with Gasteiger partial charge in [0.1, 0.15) is 4.90 Å². The van der Waals surface area contributed by atoms with Crippen LogP contribution in [0.3, 0.4) is 0 Å². The molecular weight excluding hydrogens is 398 g/mol. The van der Waals surface area contributed by atoms with Crippen molar-refractivity contribution < 1.29 is 16.8 Å². The minimum absolute atomic E-state index is 0.00225. The zero-order valence-corrected chi connectivity index (χ0v) is 17.0. The Morgan fingerprint density at radius 3 is 1.93 bits per heavy atom. The van der Waals surface area contributed by atoms with E-state index in [4.69, 9.17) is 5.26 Å². The van der Waals surface area contributed by atoms with E-state index >= 15 is 0 Å². The lowest BCUT2D eigenvalue weighted by atomic mass is 10.2. The molecule has 3 aromatic rings. The molecule has 9 heteroatoms. The molecule has 0 saturated carbocycles. The van der Waals surface area contributed by atoms with Crippen molar-refractivity contribution in [1.82, 2.24) is 9.19 Å². The first-order valence-electron chi connectivity index (χ1n) is 8.23. The zero-order valence-electron chi connectivity index (χ0n) is 15.4. The van der Waals surface area contributed by atoms with Crippen LogP contribution in [0, 0.1) is 32.1 Å². The molecule has 0 bridgehead atoms. The zero-order chi connectivity index (χ0) is 20.7. The maximum Gasteiger partial charge on any atom is 0.283 e. The predicted molar refractivity (Wildman–Crippen MR) is 102 cm³/mol. The Labute approximate surface area is 163 Å². The van der Waals surface area contributed by atoms with Gasteiger partial charge in [-0.3, -0.25) is 0 Å². The first-order valence-corrected chi connectivity index (χ1v) is 11.1. The van der Waals surface area contributed by atoms with Crippen LogP contribution < -0.4 is 0 Å². The third-order valence-corrected chi connectivity index (χ3v) is 7.99. The highest BCUT2D eigenvalue weighted by Gasteiger charge is 2.31. The molecule has 1 aromatic heterocycles. The molecule has 0 saturated heterocycles. The average molecular weight is 415 g/mol. The standard InChI is InChI=1S/C19H17N3O4S2/c1-13-4-8-17(9-5-13)27(23,24)19-14(2)21-22(15(19)3)28(25,26)18-10-6-16(12-20)7-11-18/h4-11H,1-3H3. The molecule has 1 heterocycles. The molecule has 0 fully saturated rings. The molecule has 0 N–H and O–H groups in total. The number of rotatable bonds is 4. The molecule has 0 unspecified atom stereocenters. The maximum atomic E-state index is 13.1. The minimum Gasteiger partial charge on any atom is -0.218 e. The van der Waals surface area contributed by atoms with E-state index in [9.17, 15) is 16.8 Å². The summed E-state index contributed by atoms with van der Waals surface area (Å²) in [5.74, 6) is 0. The van der Waals surface area contributed by atoms with Gasteiger partial charge in [-0.05, 0) is 57.2 Å². The molecule has 0 aliphatic heterocycles. The number of nitrogens with zero attached hydrogens (tertiary/aromatic N) is 3. The van der Waals surface area contributed by atoms with Crippen LogP contribution in [0.4, 0.5) is 0 Å². The van der Waals surface area contributed by atoms with Crippen LogP contribution in [-0.4, -0.2) is 26.0 Å². The summed E-state index contributed by atoms with van der Waals surface area (Å²) < 4.78 is 52.8. The Morgan fingerprint density at radius 1 is 0.857 bits per heavy atom. The molecule has 0 amide bonds. The number of hydrogen-bond acceptors (Lipinski definition) is 6. The van der Waals surface area contributed by atoms with Crippen LogP contribution in [0.5, 0.6) is 0 Å². The fourth-order valence-corrected chi connectivity index (χ4v) is 5.92. The van der Waals surface area contributed by atoms with Crippen molar-refractivity contribution >= 4 is 19.9 Å². The SMILES string of the molecule is Cc1ccc(S(=O)(=O)c2c(C)nn(S(=O)(=O)c3ccc(C#N)cc3)c2C)cc1. The van der Waals surface area contributed by atoms with Gasteiger partial charge in [-0.25, -0.2) is 8.42 Å². The van der Waals surface area contributed by atoms with Gasteiger partial charge >= 0.3 is 0 Å². The largest absolute Gasteiger partial charge is 0.283 e. The molecular formula is C19H17N3O4S2. The van der Waals surface area contributed by atoms with Gasteiger partial charge in [0.25, 0.3) is 10.0 Å². The van der Waals surface area contributed by atoms with Crippen molar-refractivity contribution in [2.24, 2.45) is 0 Å². The van der Waals surface area contributed by atoms with Crippen molar-refractivity contribution in [3.63, 3.8) is 0 Å². The second-order valence-corrected chi connectivity index (χ2v) is 9.95. The Balaban J connectivity index is 2.16. The molecule has 7 nitrogen and oxygen atoms in total. The van der Waals surface area contributed by atoms with Crippen LogP contribution in [0.15, 0.2) is 63.2 Å². The summed E-state index contributed by atoms with van der Waals surface area (Å²) in [5.41, 5.74) is 1.32. The van der Waals surface area contributed by atoms with Crippen molar-refractivity contribution in [1.29, 1.82) is 5.26 Å². The summed E-state index contributed by atoms with van der Waals surface area (Å²) in [6.45, 7) is 4.70. The molecule has 3 rings (SSSR count). The van der Waals surface area contributed by atoms with Gasteiger partial charge in [0.2, 0.25) is 9.84 Å². The number of aromatic nitrogens is 2. The molecule has 28 heavy (non-hydrogen) atoms. The smallest absolute Gasteiger partial charge is 0.218 e. The van der Waals surface area contributed by atoms with Gasteiger partial charge in [-0.1, -0.05) is 17.7 Å². The topological polar surface area (TPSA) is 110 Å². The number of aryl methyl sites for hydroxylation is 2. The summed E-state index contributed by atoms with van der Waals surface area (Å²) in [7, 11) is -8.05. The van der Waals surface area contributed by atoms with E-state index in [1.165, 1.54) is 50.2 Å².